The van der Waals surface area contributed by atoms with Gasteiger partial charge in [-0.25, -0.2) is 4.39 Å². The van der Waals surface area contributed by atoms with Gasteiger partial charge in [0.25, 0.3) is 0 Å². The third-order valence-electron chi connectivity index (χ3n) is 3.81. The quantitative estimate of drug-likeness (QED) is 0.791. The zero-order valence-corrected chi connectivity index (χ0v) is 9.16. The molecule has 0 amide bonds. The Morgan fingerprint density at radius 1 is 1.31 bits per heavy atom. The Hall–Kier alpha value is -1.09. The Bertz CT molecular complexity index is 403. The molecule has 1 aliphatic carbocycles. The highest BCUT2D eigenvalue weighted by Crippen LogP contribution is 2.41. The Balaban J connectivity index is 1.87. The van der Waals surface area contributed by atoms with Gasteiger partial charge in [0, 0.05) is 18.0 Å². The maximum atomic E-state index is 13.1. The minimum atomic E-state index is -0.236. The first kappa shape index (κ1) is 10.1. The maximum absolute atomic E-state index is 13.1. The van der Waals surface area contributed by atoms with Crippen LogP contribution in [0.15, 0.2) is 18.2 Å². The monoisotopic (exact) mass is 221 g/mol. The van der Waals surface area contributed by atoms with Crippen LogP contribution in [0.5, 0.6) is 5.75 Å². The van der Waals surface area contributed by atoms with E-state index in [0.29, 0.717) is 5.92 Å². The van der Waals surface area contributed by atoms with Crippen LogP contribution < -0.4 is 10.5 Å². The second kappa shape index (κ2) is 3.74. The van der Waals surface area contributed by atoms with Crippen LogP contribution in [-0.4, -0.2) is 6.10 Å². The number of nitrogens with two attached hydrogens (primary N) is 1. The van der Waals surface area contributed by atoms with E-state index in [1.165, 1.54) is 31.4 Å². The molecule has 1 aromatic carbocycles. The normalized spacial score (nSPS) is 29.1. The first-order valence-electron chi connectivity index (χ1n) is 5.96. The average molecular weight is 221 g/mol. The first-order chi connectivity index (χ1) is 7.74. The average Bonchev–Trinajstić information content (AvgIpc) is 2.17. The summed E-state index contributed by atoms with van der Waals surface area (Å²) in [5.41, 5.74) is 6.89. The highest BCUT2D eigenvalue weighted by molar-refractivity contribution is 5.38. The molecule has 1 aromatic rings. The molecule has 3 rings (SSSR count). The van der Waals surface area contributed by atoms with E-state index in [0.717, 1.165) is 17.7 Å². The van der Waals surface area contributed by atoms with Gasteiger partial charge in [0.05, 0.1) is 0 Å². The van der Waals surface area contributed by atoms with Crippen molar-refractivity contribution in [3.63, 3.8) is 0 Å². The van der Waals surface area contributed by atoms with E-state index >= 15 is 0 Å². The standard InChI is InChI=1S/C13H16FNO/c14-9-4-5-12-10(6-9)11(15)7-13(16-12)8-2-1-3-8/h4-6,8,11,13H,1-3,7,15H2/t11-,13?/m0/s1. The third kappa shape index (κ3) is 1.59. The zero-order valence-electron chi connectivity index (χ0n) is 9.16. The lowest BCUT2D eigenvalue weighted by atomic mass is 9.77. The van der Waals surface area contributed by atoms with Crippen LogP contribution in [0.3, 0.4) is 0 Å². The van der Waals surface area contributed by atoms with Crippen molar-refractivity contribution in [2.24, 2.45) is 11.7 Å². The van der Waals surface area contributed by atoms with E-state index in [1.807, 2.05) is 0 Å². The highest BCUT2D eigenvalue weighted by Gasteiger charge is 2.34. The van der Waals surface area contributed by atoms with Gasteiger partial charge in [-0.3, -0.25) is 0 Å². The van der Waals surface area contributed by atoms with E-state index in [-0.39, 0.29) is 18.0 Å². The van der Waals surface area contributed by atoms with Crippen molar-refractivity contribution in [2.75, 3.05) is 0 Å². The molecular weight excluding hydrogens is 205 g/mol. The van der Waals surface area contributed by atoms with Crippen LogP contribution in [0.2, 0.25) is 0 Å². The van der Waals surface area contributed by atoms with Crippen molar-refractivity contribution in [3.8, 4) is 5.75 Å². The van der Waals surface area contributed by atoms with Gasteiger partial charge in [-0.05, 0) is 37.0 Å². The van der Waals surface area contributed by atoms with Gasteiger partial charge in [0.2, 0.25) is 0 Å². The summed E-state index contributed by atoms with van der Waals surface area (Å²) in [4.78, 5) is 0. The number of fused-ring (bicyclic) bond motifs is 1. The molecule has 1 heterocycles. The lowest BCUT2D eigenvalue weighted by Crippen LogP contribution is -2.38. The maximum Gasteiger partial charge on any atom is 0.124 e. The Kier molecular flexibility index (Phi) is 2.36. The van der Waals surface area contributed by atoms with Crippen molar-refractivity contribution in [1.29, 1.82) is 0 Å². The Labute approximate surface area is 94.6 Å². The predicted octanol–water partition coefficient (Wildman–Crippen LogP) is 2.78. The van der Waals surface area contributed by atoms with Gasteiger partial charge in [-0.2, -0.15) is 0 Å². The van der Waals surface area contributed by atoms with Crippen molar-refractivity contribution in [3.05, 3.63) is 29.6 Å². The molecule has 2 atom stereocenters. The molecule has 1 aliphatic heterocycles. The summed E-state index contributed by atoms with van der Waals surface area (Å²) in [5.74, 6) is 1.20. The van der Waals surface area contributed by atoms with E-state index in [1.54, 1.807) is 6.07 Å². The van der Waals surface area contributed by atoms with Gasteiger partial charge in [-0.15, -0.1) is 0 Å². The zero-order chi connectivity index (χ0) is 11.1. The summed E-state index contributed by atoms with van der Waals surface area (Å²) in [5, 5.41) is 0. The second-order valence-corrected chi connectivity index (χ2v) is 4.87. The fraction of sp³-hybridized carbons (Fsp3) is 0.538. The topological polar surface area (TPSA) is 35.2 Å². The van der Waals surface area contributed by atoms with Crippen molar-refractivity contribution < 1.29 is 9.13 Å². The second-order valence-electron chi connectivity index (χ2n) is 4.87. The molecule has 2 N–H and O–H groups in total. The van der Waals surface area contributed by atoms with E-state index in [4.69, 9.17) is 10.5 Å². The minimum absolute atomic E-state index is 0.0787. The molecule has 2 aliphatic rings. The molecule has 16 heavy (non-hydrogen) atoms. The number of hydrogen-bond acceptors (Lipinski definition) is 2. The summed E-state index contributed by atoms with van der Waals surface area (Å²) in [6.07, 6.45) is 4.85. The van der Waals surface area contributed by atoms with Gasteiger partial charge in [0.1, 0.15) is 17.7 Å². The summed E-state index contributed by atoms with van der Waals surface area (Å²) in [7, 11) is 0. The molecular formula is C13H16FNO. The summed E-state index contributed by atoms with van der Waals surface area (Å²) in [6, 6.07) is 4.56. The van der Waals surface area contributed by atoms with E-state index < -0.39 is 0 Å². The van der Waals surface area contributed by atoms with Crippen LogP contribution >= 0.6 is 0 Å². The van der Waals surface area contributed by atoms with E-state index in [2.05, 4.69) is 0 Å². The van der Waals surface area contributed by atoms with Gasteiger partial charge in [0.15, 0.2) is 0 Å². The molecule has 0 saturated heterocycles. The molecule has 1 saturated carbocycles. The Morgan fingerprint density at radius 3 is 2.81 bits per heavy atom. The van der Waals surface area contributed by atoms with Crippen LogP contribution in [0.25, 0.3) is 0 Å². The number of halogens is 1. The molecule has 2 nitrogen and oxygen atoms in total. The molecule has 1 fully saturated rings. The first-order valence-corrected chi connectivity index (χ1v) is 5.96. The van der Waals surface area contributed by atoms with Crippen molar-refractivity contribution in [1.82, 2.24) is 0 Å². The fourth-order valence-corrected chi connectivity index (χ4v) is 2.61. The van der Waals surface area contributed by atoms with Gasteiger partial charge in [-0.1, -0.05) is 6.42 Å². The lowest BCUT2D eigenvalue weighted by Gasteiger charge is -2.39. The SMILES string of the molecule is N[C@H]1CC(C2CCC2)Oc2ccc(F)cc21. The smallest absolute Gasteiger partial charge is 0.124 e. The summed E-state index contributed by atoms with van der Waals surface area (Å²) < 4.78 is 19.0. The van der Waals surface area contributed by atoms with Crippen molar-refractivity contribution >= 4 is 0 Å². The Morgan fingerprint density at radius 2 is 2.12 bits per heavy atom. The molecule has 1 unspecified atom stereocenters. The number of ether oxygens (including phenoxy) is 1. The molecule has 0 radical (unpaired) electrons. The molecule has 86 valence electrons. The molecule has 0 spiro atoms. The van der Waals surface area contributed by atoms with Gasteiger partial charge < -0.3 is 10.5 Å². The third-order valence-corrected chi connectivity index (χ3v) is 3.81. The van der Waals surface area contributed by atoms with Gasteiger partial charge >= 0.3 is 0 Å². The van der Waals surface area contributed by atoms with Crippen LogP contribution in [-0.2, 0) is 0 Å². The van der Waals surface area contributed by atoms with E-state index in [9.17, 15) is 4.39 Å². The number of hydrogen-bond donors (Lipinski definition) is 1. The van der Waals surface area contributed by atoms with Crippen LogP contribution in [0.4, 0.5) is 4.39 Å². The molecule has 0 bridgehead atoms. The highest BCUT2D eigenvalue weighted by atomic mass is 19.1. The van der Waals surface area contributed by atoms with Crippen LogP contribution in [0.1, 0.15) is 37.3 Å². The minimum Gasteiger partial charge on any atom is -0.490 e. The number of rotatable bonds is 1. The van der Waals surface area contributed by atoms with Crippen molar-refractivity contribution in [2.45, 2.75) is 37.8 Å². The predicted molar refractivity (Wildman–Crippen MR) is 59.7 cm³/mol. The summed E-state index contributed by atoms with van der Waals surface area (Å²) in [6.45, 7) is 0. The van der Waals surface area contributed by atoms with Crippen LogP contribution in [0, 0.1) is 11.7 Å². The lowest BCUT2D eigenvalue weighted by molar-refractivity contribution is 0.0578. The molecule has 3 heteroatoms. The largest absolute Gasteiger partial charge is 0.490 e. The molecule has 0 aromatic heterocycles. The number of benzene rings is 1. The summed E-state index contributed by atoms with van der Waals surface area (Å²) >= 11 is 0. The fourth-order valence-electron chi connectivity index (χ4n) is 2.61.